The highest BCUT2D eigenvalue weighted by molar-refractivity contribution is 5.91. The van der Waals surface area contributed by atoms with Gasteiger partial charge in [-0.1, -0.05) is 0 Å². The largest absolute Gasteiger partial charge is 0.486 e. The molecule has 0 bridgehead atoms. The van der Waals surface area contributed by atoms with Gasteiger partial charge in [0.25, 0.3) is 5.56 Å². The van der Waals surface area contributed by atoms with Crippen LogP contribution in [0.25, 0.3) is 0 Å². The van der Waals surface area contributed by atoms with E-state index in [-0.39, 0.29) is 18.0 Å². The van der Waals surface area contributed by atoms with E-state index < -0.39 is 0 Å². The summed E-state index contributed by atoms with van der Waals surface area (Å²) in [5.74, 6) is 1.47. The van der Waals surface area contributed by atoms with E-state index in [0.717, 1.165) is 0 Å². The van der Waals surface area contributed by atoms with Gasteiger partial charge in [-0.15, -0.1) is 0 Å². The minimum atomic E-state index is -0.304. The van der Waals surface area contributed by atoms with Crippen LogP contribution in [0, 0.1) is 20.8 Å². The minimum absolute atomic E-state index is 0.0901. The number of ether oxygens (including phenoxy) is 2. The third kappa shape index (κ3) is 3.10. The van der Waals surface area contributed by atoms with Gasteiger partial charge >= 0.3 is 0 Å². The molecule has 0 fully saturated rings. The second-order valence-corrected chi connectivity index (χ2v) is 5.67. The fourth-order valence-electron chi connectivity index (χ4n) is 2.54. The molecule has 1 aromatic heterocycles. The van der Waals surface area contributed by atoms with Crippen LogP contribution in [0.4, 0.5) is 5.69 Å². The maximum atomic E-state index is 12.3. The molecule has 2 heterocycles. The molecular formula is C17H19N3O4. The zero-order valence-electron chi connectivity index (χ0n) is 13.9. The van der Waals surface area contributed by atoms with E-state index in [2.05, 4.69) is 10.3 Å². The summed E-state index contributed by atoms with van der Waals surface area (Å²) in [5.41, 5.74) is 1.62. The Balaban J connectivity index is 1.77. The van der Waals surface area contributed by atoms with E-state index in [9.17, 15) is 9.59 Å². The fraction of sp³-hybridized carbons (Fsp3) is 0.353. The van der Waals surface area contributed by atoms with Crippen molar-refractivity contribution in [2.75, 3.05) is 18.5 Å². The first-order valence-corrected chi connectivity index (χ1v) is 7.70. The summed E-state index contributed by atoms with van der Waals surface area (Å²) < 4.78 is 12.3. The molecule has 0 saturated carbocycles. The number of hydrogen-bond donors (Lipinski definition) is 1. The van der Waals surface area contributed by atoms with Gasteiger partial charge in [0.15, 0.2) is 11.5 Å². The summed E-state index contributed by atoms with van der Waals surface area (Å²) in [6, 6.07) is 5.19. The van der Waals surface area contributed by atoms with Crippen molar-refractivity contribution in [2.24, 2.45) is 0 Å². The number of anilines is 1. The van der Waals surface area contributed by atoms with E-state index in [0.29, 0.717) is 47.5 Å². The highest BCUT2D eigenvalue weighted by Crippen LogP contribution is 2.32. The van der Waals surface area contributed by atoms with E-state index in [4.69, 9.17) is 9.47 Å². The quantitative estimate of drug-likeness (QED) is 0.924. The summed E-state index contributed by atoms with van der Waals surface area (Å²) in [6.07, 6.45) is 0. The second kappa shape index (κ2) is 6.35. The topological polar surface area (TPSA) is 82.5 Å². The molecule has 1 N–H and O–H groups in total. The number of fused-ring (bicyclic) bond motifs is 1. The lowest BCUT2D eigenvalue weighted by molar-refractivity contribution is -0.116. The summed E-state index contributed by atoms with van der Waals surface area (Å²) in [5, 5.41) is 2.77. The molecule has 0 saturated heterocycles. The number of aromatic nitrogens is 2. The third-order valence-corrected chi connectivity index (χ3v) is 3.96. The lowest BCUT2D eigenvalue weighted by Gasteiger charge is -2.19. The van der Waals surface area contributed by atoms with Crippen molar-refractivity contribution in [3.8, 4) is 11.5 Å². The van der Waals surface area contributed by atoms with Gasteiger partial charge in [-0.25, -0.2) is 4.98 Å². The first-order chi connectivity index (χ1) is 11.5. The summed E-state index contributed by atoms with van der Waals surface area (Å²) >= 11 is 0. The number of carbonyl (C=O) groups excluding carboxylic acids is 1. The second-order valence-electron chi connectivity index (χ2n) is 5.67. The Labute approximate surface area is 139 Å². The van der Waals surface area contributed by atoms with Crippen molar-refractivity contribution in [2.45, 2.75) is 27.3 Å². The van der Waals surface area contributed by atoms with Crippen molar-refractivity contribution in [3.63, 3.8) is 0 Å². The van der Waals surface area contributed by atoms with Gasteiger partial charge in [0.05, 0.1) is 0 Å². The maximum Gasteiger partial charge on any atom is 0.257 e. The third-order valence-electron chi connectivity index (χ3n) is 3.96. The van der Waals surface area contributed by atoms with Crippen molar-refractivity contribution in [1.29, 1.82) is 0 Å². The monoisotopic (exact) mass is 329 g/mol. The Hall–Kier alpha value is -2.83. The number of rotatable bonds is 3. The molecule has 0 spiro atoms. The molecule has 1 aromatic carbocycles. The van der Waals surface area contributed by atoms with Crippen LogP contribution in [0.3, 0.4) is 0 Å². The Morgan fingerprint density at radius 3 is 2.67 bits per heavy atom. The molecule has 1 aliphatic heterocycles. The molecule has 1 amide bonds. The molecule has 126 valence electrons. The molecule has 2 aromatic rings. The lowest BCUT2D eigenvalue weighted by atomic mass is 10.2. The normalized spacial score (nSPS) is 12.8. The zero-order chi connectivity index (χ0) is 17.3. The smallest absolute Gasteiger partial charge is 0.257 e. The van der Waals surface area contributed by atoms with Gasteiger partial charge in [0, 0.05) is 23.0 Å². The molecule has 0 atom stereocenters. The highest BCUT2D eigenvalue weighted by Gasteiger charge is 2.15. The standard InChI is InChI=1S/C17H19N3O4/c1-10-11(2)18-12(3)20(17(10)22)9-16(21)19-13-4-5-14-15(8-13)24-7-6-23-14/h4-5,8H,6-7,9H2,1-3H3,(H,19,21). The van der Waals surface area contributed by atoms with Gasteiger partial charge < -0.3 is 14.8 Å². The Kier molecular flexibility index (Phi) is 4.24. The van der Waals surface area contributed by atoms with Crippen molar-refractivity contribution in [3.05, 3.63) is 45.6 Å². The summed E-state index contributed by atoms with van der Waals surface area (Å²) in [4.78, 5) is 28.9. The average Bonchev–Trinajstić information content (AvgIpc) is 2.57. The molecular weight excluding hydrogens is 310 g/mol. The number of aryl methyl sites for hydroxylation is 2. The van der Waals surface area contributed by atoms with Crippen molar-refractivity contribution >= 4 is 11.6 Å². The molecule has 0 radical (unpaired) electrons. The maximum absolute atomic E-state index is 12.3. The highest BCUT2D eigenvalue weighted by atomic mass is 16.6. The van der Waals surface area contributed by atoms with Crippen LogP contribution in [0.15, 0.2) is 23.0 Å². The van der Waals surface area contributed by atoms with Crippen LogP contribution < -0.4 is 20.3 Å². The fourth-order valence-corrected chi connectivity index (χ4v) is 2.54. The first kappa shape index (κ1) is 16.0. The first-order valence-electron chi connectivity index (χ1n) is 7.70. The van der Waals surface area contributed by atoms with Crippen LogP contribution in [0.2, 0.25) is 0 Å². The summed E-state index contributed by atoms with van der Waals surface area (Å²) in [7, 11) is 0. The van der Waals surface area contributed by atoms with Gasteiger partial charge in [-0.2, -0.15) is 0 Å². The Morgan fingerprint density at radius 1 is 1.21 bits per heavy atom. The van der Waals surface area contributed by atoms with Crippen LogP contribution in [-0.2, 0) is 11.3 Å². The van der Waals surface area contributed by atoms with Crippen molar-refractivity contribution in [1.82, 2.24) is 9.55 Å². The molecule has 0 aliphatic carbocycles. The van der Waals surface area contributed by atoms with Crippen molar-refractivity contribution < 1.29 is 14.3 Å². The minimum Gasteiger partial charge on any atom is -0.486 e. The van der Waals surface area contributed by atoms with E-state index in [1.165, 1.54) is 4.57 Å². The van der Waals surface area contributed by atoms with Crippen LogP contribution in [-0.4, -0.2) is 28.7 Å². The lowest BCUT2D eigenvalue weighted by Crippen LogP contribution is -2.32. The van der Waals surface area contributed by atoms with Gasteiger partial charge in [0.1, 0.15) is 25.6 Å². The molecule has 3 rings (SSSR count). The number of nitrogens with one attached hydrogen (secondary N) is 1. The number of amides is 1. The number of benzene rings is 1. The van der Waals surface area contributed by atoms with E-state index in [1.54, 1.807) is 39.0 Å². The molecule has 7 heteroatoms. The van der Waals surface area contributed by atoms with E-state index in [1.807, 2.05) is 0 Å². The zero-order valence-corrected chi connectivity index (χ0v) is 13.9. The molecule has 0 unspecified atom stereocenters. The van der Waals surface area contributed by atoms with Crippen LogP contribution >= 0.6 is 0 Å². The number of hydrogen-bond acceptors (Lipinski definition) is 5. The SMILES string of the molecule is Cc1nc(C)n(CC(=O)Nc2ccc3c(c2)OCCO3)c(=O)c1C. The predicted molar refractivity (Wildman–Crippen MR) is 88.8 cm³/mol. The molecule has 1 aliphatic rings. The predicted octanol–water partition coefficient (Wildman–Crippen LogP) is 1.58. The molecule has 7 nitrogen and oxygen atoms in total. The number of carbonyl (C=O) groups is 1. The average molecular weight is 329 g/mol. The van der Waals surface area contributed by atoms with Crippen LogP contribution in [0.1, 0.15) is 17.1 Å². The Bertz CT molecular complexity index is 858. The van der Waals surface area contributed by atoms with Gasteiger partial charge in [-0.05, 0) is 32.9 Å². The number of nitrogens with zero attached hydrogens (tertiary/aromatic N) is 2. The van der Waals surface area contributed by atoms with Gasteiger partial charge in [-0.3, -0.25) is 14.2 Å². The van der Waals surface area contributed by atoms with Crippen LogP contribution in [0.5, 0.6) is 11.5 Å². The molecule has 24 heavy (non-hydrogen) atoms. The Morgan fingerprint density at radius 2 is 1.92 bits per heavy atom. The van der Waals surface area contributed by atoms with E-state index >= 15 is 0 Å². The van der Waals surface area contributed by atoms with Gasteiger partial charge in [0.2, 0.25) is 5.91 Å². The summed E-state index contributed by atoms with van der Waals surface area (Å²) in [6.45, 7) is 6.11.